The number of hydrogen-bond donors (Lipinski definition) is 0. The van der Waals surface area contributed by atoms with Crippen LogP contribution < -0.4 is 0 Å². The highest BCUT2D eigenvalue weighted by Crippen LogP contribution is 2.53. The topological polar surface area (TPSA) is 124 Å². The molecule has 0 N–H and O–H groups in total. The van der Waals surface area contributed by atoms with Crippen molar-refractivity contribution in [3.63, 3.8) is 0 Å². The summed E-state index contributed by atoms with van der Waals surface area (Å²) in [5, 5.41) is 0. The van der Waals surface area contributed by atoms with Crippen LogP contribution in [0.3, 0.4) is 0 Å². The molecule has 0 aliphatic heterocycles. The molecular weight excluding hydrogens is 657 g/mol. The molecule has 0 saturated carbocycles. The SMILES string of the molecule is C#COP(=O)(OCC)OCC(CCC(=O)CC1=C(C)/C(=C/c2ccc(S(C)=O)cc2)c2ccc(F)cc21)OP(=O)(OCC)OCC. The number of phosphoric ester groups is 2. The molecule has 3 rings (SSSR count). The van der Waals surface area contributed by atoms with E-state index in [-0.39, 0.29) is 44.9 Å². The normalized spacial score (nSPS) is 16.5. The highest BCUT2D eigenvalue weighted by atomic mass is 32.2. The Morgan fingerprint density at radius 2 is 1.61 bits per heavy atom. The highest BCUT2D eigenvalue weighted by molar-refractivity contribution is 7.84. The van der Waals surface area contributed by atoms with Crippen molar-refractivity contribution < 1.29 is 49.7 Å². The Balaban J connectivity index is 1.84. The number of hydrogen-bond acceptors (Lipinski definition) is 10. The first-order chi connectivity index (χ1) is 21.9. The fraction of sp³-hybridized carbons (Fsp3) is 0.406. The van der Waals surface area contributed by atoms with Crippen LogP contribution in [0.4, 0.5) is 4.39 Å². The van der Waals surface area contributed by atoms with E-state index in [9.17, 15) is 22.5 Å². The third kappa shape index (κ3) is 10.4. The molecule has 0 radical (unpaired) electrons. The summed E-state index contributed by atoms with van der Waals surface area (Å²) in [6, 6.07) is 11.7. The number of Topliss-reactive ketones (excluding diaryl/α,β-unsaturated/α-hetero) is 1. The van der Waals surface area contributed by atoms with Gasteiger partial charge < -0.3 is 4.52 Å². The van der Waals surface area contributed by atoms with Crippen LogP contribution in [0.25, 0.3) is 17.2 Å². The Kier molecular flexibility index (Phi) is 14.3. The van der Waals surface area contributed by atoms with Crippen molar-refractivity contribution in [2.45, 2.75) is 58.0 Å². The first-order valence-electron chi connectivity index (χ1n) is 14.7. The predicted molar refractivity (Wildman–Crippen MR) is 175 cm³/mol. The fourth-order valence-electron chi connectivity index (χ4n) is 4.76. The number of carbonyl (C=O) groups excluding carboxylic acids is 1. The van der Waals surface area contributed by atoms with Gasteiger partial charge in [0, 0.05) is 34.8 Å². The zero-order valence-corrected chi connectivity index (χ0v) is 29.1. The van der Waals surface area contributed by atoms with Gasteiger partial charge in [-0.15, -0.1) is 0 Å². The number of carbonyl (C=O) groups is 1. The third-order valence-electron chi connectivity index (χ3n) is 6.82. The van der Waals surface area contributed by atoms with E-state index in [1.54, 1.807) is 51.3 Å². The van der Waals surface area contributed by atoms with E-state index in [1.165, 1.54) is 12.1 Å². The Hall–Kier alpha value is -2.71. The van der Waals surface area contributed by atoms with E-state index in [1.807, 2.05) is 25.1 Å². The van der Waals surface area contributed by atoms with Gasteiger partial charge in [0.2, 0.25) is 0 Å². The molecule has 1 aliphatic carbocycles. The average Bonchev–Trinajstić information content (AvgIpc) is 3.24. The molecule has 46 heavy (non-hydrogen) atoms. The lowest BCUT2D eigenvalue weighted by Gasteiger charge is -2.24. The van der Waals surface area contributed by atoms with Crippen molar-refractivity contribution in [2.75, 3.05) is 32.7 Å². The number of rotatable bonds is 19. The Bertz CT molecular complexity index is 1600. The second-order valence-electron chi connectivity index (χ2n) is 10.0. The minimum atomic E-state index is -4.17. The van der Waals surface area contributed by atoms with E-state index in [0.29, 0.717) is 16.0 Å². The summed E-state index contributed by atoms with van der Waals surface area (Å²) >= 11 is 0. The van der Waals surface area contributed by atoms with E-state index in [2.05, 4.69) is 0 Å². The second kappa shape index (κ2) is 17.4. The van der Waals surface area contributed by atoms with Crippen molar-refractivity contribution in [1.82, 2.24) is 0 Å². The number of benzene rings is 2. The summed E-state index contributed by atoms with van der Waals surface area (Å²) in [6.07, 6.45) is 9.24. The quantitative estimate of drug-likeness (QED) is 0.106. The summed E-state index contributed by atoms with van der Waals surface area (Å²) in [4.78, 5) is 14.1. The Morgan fingerprint density at radius 1 is 0.978 bits per heavy atom. The van der Waals surface area contributed by atoms with Crippen LogP contribution in [0.5, 0.6) is 0 Å². The smallest absolute Gasteiger partial charge is 0.350 e. The predicted octanol–water partition coefficient (Wildman–Crippen LogP) is 7.97. The van der Waals surface area contributed by atoms with Gasteiger partial charge in [-0.05, 0) is 97.9 Å². The summed E-state index contributed by atoms with van der Waals surface area (Å²) in [6.45, 7) is 6.19. The third-order valence-corrected chi connectivity index (χ3v) is 10.8. The number of fused-ring (bicyclic) bond motifs is 1. The molecule has 2 aromatic carbocycles. The molecule has 10 nitrogen and oxygen atoms in total. The zero-order chi connectivity index (χ0) is 33.9. The molecule has 0 bridgehead atoms. The lowest BCUT2D eigenvalue weighted by Crippen LogP contribution is -2.21. The summed E-state index contributed by atoms with van der Waals surface area (Å²) in [5.74, 6) is -0.654. The van der Waals surface area contributed by atoms with E-state index in [4.69, 9.17) is 33.6 Å². The minimum Gasteiger partial charge on any atom is -0.350 e. The van der Waals surface area contributed by atoms with Crippen LogP contribution in [-0.2, 0) is 51.9 Å². The number of phosphoric acid groups is 2. The van der Waals surface area contributed by atoms with Crippen molar-refractivity contribution in [3.8, 4) is 12.5 Å². The largest absolute Gasteiger partial charge is 0.538 e. The summed E-state index contributed by atoms with van der Waals surface area (Å²) in [5.41, 5.74) is 4.58. The molecule has 0 aromatic heterocycles. The van der Waals surface area contributed by atoms with Gasteiger partial charge in [0.15, 0.2) is 0 Å². The molecule has 250 valence electrons. The van der Waals surface area contributed by atoms with Crippen molar-refractivity contribution in [3.05, 3.63) is 70.5 Å². The maximum atomic E-state index is 14.4. The molecule has 3 unspecified atom stereocenters. The molecule has 0 spiro atoms. The fourth-order valence-corrected chi connectivity index (χ4v) is 7.62. The molecule has 3 atom stereocenters. The Morgan fingerprint density at radius 3 is 2.20 bits per heavy atom. The molecular formula is C32H39FO10P2S. The average molecular weight is 697 g/mol. The zero-order valence-electron chi connectivity index (χ0n) is 26.5. The minimum absolute atomic E-state index is 0.0168. The molecule has 0 fully saturated rings. The molecule has 0 heterocycles. The van der Waals surface area contributed by atoms with Crippen molar-refractivity contribution >= 4 is 49.5 Å². The first kappa shape index (κ1) is 37.7. The van der Waals surface area contributed by atoms with Crippen LogP contribution in [0.15, 0.2) is 52.9 Å². The van der Waals surface area contributed by atoms with Gasteiger partial charge in [0.05, 0.1) is 32.5 Å². The summed E-state index contributed by atoms with van der Waals surface area (Å²) in [7, 11) is -9.35. The van der Waals surface area contributed by atoms with E-state index < -0.39 is 45.0 Å². The van der Waals surface area contributed by atoms with Gasteiger partial charge in [-0.1, -0.05) is 24.6 Å². The lowest BCUT2D eigenvalue weighted by molar-refractivity contribution is -0.118. The van der Waals surface area contributed by atoms with Crippen LogP contribution in [-0.4, -0.2) is 48.8 Å². The van der Waals surface area contributed by atoms with Crippen LogP contribution >= 0.6 is 15.6 Å². The van der Waals surface area contributed by atoms with Crippen molar-refractivity contribution in [1.29, 1.82) is 0 Å². The van der Waals surface area contributed by atoms with Crippen LogP contribution in [0.2, 0.25) is 0 Å². The number of halogens is 1. The monoisotopic (exact) mass is 696 g/mol. The maximum Gasteiger partial charge on any atom is 0.538 e. The van der Waals surface area contributed by atoms with E-state index in [0.717, 1.165) is 22.3 Å². The highest BCUT2D eigenvalue weighted by Gasteiger charge is 2.34. The van der Waals surface area contributed by atoms with Gasteiger partial charge in [0.25, 0.3) is 0 Å². The number of terminal acetylenes is 1. The van der Waals surface area contributed by atoms with Gasteiger partial charge in [-0.3, -0.25) is 31.6 Å². The van der Waals surface area contributed by atoms with Crippen molar-refractivity contribution in [2.24, 2.45) is 0 Å². The van der Waals surface area contributed by atoms with Crippen LogP contribution in [0, 0.1) is 18.3 Å². The lowest BCUT2D eigenvalue weighted by atomic mass is 9.98. The van der Waals surface area contributed by atoms with Gasteiger partial charge in [-0.25, -0.2) is 13.5 Å². The molecule has 0 amide bonds. The van der Waals surface area contributed by atoms with Crippen LogP contribution in [0.1, 0.15) is 63.6 Å². The first-order valence-corrected chi connectivity index (χ1v) is 19.1. The molecule has 0 saturated heterocycles. The summed E-state index contributed by atoms with van der Waals surface area (Å²) < 4.78 is 83.3. The van der Waals surface area contributed by atoms with E-state index >= 15 is 0 Å². The number of ketones is 1. The standard InChI is InChI=1S/C32H39FO10P2S/c1-7-38-44(35,39-8-2)42-22-27(43-45(36,40-9-3)41-10-4)15-14-26(34)21-31-23(5)30(29-18-13-25(33)20-32(29)31)19-24-11-16-28(17-12-24)46(6)37/h1,11-13,16-20,27H,8-10,14-15,21-22H2,2-6H3/b30-19-. The Labute approximate surface area is 272 Å². The van der Waals surface area contributed by atoms with Gasteiger partial charge in [-0.2, -0.15) is 0 Å². The van der Waals surface area contributed by atoms with Gasteiger partial charge >= 0.3 is 15.6 Å². The second-order valence-corrected chi connectivity index (χ2v) is 14.6. The molecule has 1 aliphatic rings. The maximum absolute atomic E-state index is 14.4. The molecule has 2 aromatic rings. The van der Waals surface area contributed by atoms with Gasteiger partial charge in [0.1, 0.15) is 17.7 Å². The number of allylic oxidation sites excluding steroid dienone is 3. The molecule has 14 heteroatoms.